The first-order valence-corrected chi connectivity index (χ1v) is 9.11. The van der Waals surface area contributed by atoms with Crippen LogP contribution in [-0.2, 0) is 16.1 Å². The standard InChI is InChI=1S/C22H20N2O5/c23-14-19(21(25)24-8-10-28-11-9-24)12-16-4-6-20(7-5-16)29-15-17-2-1-3-18(13-17)22(26)27/h1-7,12-13H,8-11,15H2,(H,26,27). The average molecular weight is 392 g/mol. The Hall–Kier alpha value is -3.63. The second kappa shape index (κ2) is 9.53. The lowest BCUT2D eigenvalue weighted by atomic mass is 10.1. The normalized spacial score (nSPS) is 14.2. The van der Waals surface area contributed by atoms with E-state index >= 15 is 0 Å². The first-order valence-electron chi connectivity index (χ1n) is 9.11. The highest BCUT2D eigenvalue weighted by Gasteiger charge is 2.20. The minimum Gasteiger partial charge on any atom is -0.489 e. The number of nitriles is 1. The molecular formula is C22H20N2O5. The Kier molecular flexibility index (Phi) is 6.61. The summed E-state index contributed by atoms with van der Waals surface area (Å²) in [6.45, 7) is 2.15. The van der Waals surface area contributed by atoms with Gasteiger partial charge in [-0.1, -0.05) is 24.3 Å². The number of carbonyl (C=O) groups excluding carboxylic acids is 1. The van der Waals surface area contributed by atoms with Crippen LogP contribution in [0.4, 0.5) is 0 Å². The molecule has 7 nitrogen and oxygen atoms in total. The summed E-state index contributed by atoms with van der Waals surface area (Å²) in [7, 11) is 0. The molecule has 2 aromatic carbocycles. The highest BCUT2D eigenvalue weighted by molar-refractivity contribution is 6.01. The Morgan fingerprint density at radius 3 is 2.55 bits per heavy atom. The number of benzene rings is 2. The smallest absolute Gasteiger partial charge is 0.335 e. The number of ether oxygens (including phenoxy) is 2. The van der Waals surface area contributed by atoms with Crippen LogP contribution in [0.15, 0.2) is 54.1 Å². The number of aromatic carboxylic acids is 1. The maximum atomic E-state index is 12.4. The molecule has 0 unspecified atom stereocenters. The van der Waals surface area contributed by atoms with Gasteiger partial charge in [0.25, 0.3) is 5.91 Å². The summed E-state index contributed by atoms with van der Waals surface area (Å²) in [5.41, 5.74) is 1.74. The van der Waals surface area contributed by atoms with Crippen molar-refractivity contribution in [3.05, 3.63) is 70.8 Å². The summed E-state index contributed by atoms with van der Waals surface area (Å²) < 4.78 is 10.9. The van der Waals surface area contributed by atoms with Gasteiger partial charge >= 0.3 is 5.97 Å². The average Bonchev–Trinajstić information content (AvgIpc) is 2.77. The van der Waals surface area contributed by atoms with E-state index in [1.54, 1.807) is 53.4 Å². The van der Waals surface area contributed by atoms with Crippen molar-refractivity contribution in [1.29, 1.82) is 5.26 Å². The topological polar surface area (TPSA) is 99.9 Å². The zero-order chi connectivity index (χ0) is 20.6. The molecule has 1 saturated heterocycles. The van der Waals surface area contributed by atoms with Crippen LogP contribution < -0.4 is 4.74 Å². The third kappa shape index (κ3) is 5.43. The van der Waals surface area contributed by atoms with E-state index in [2.05, 4.69) is 0 Å². The fourth-order valence-electron chi connectivity index (χ4n) is 2.87. The molecular weight excluding hydrogens is 372 g/mol. The molecule has 148 valence electrons. The maximum Gasteiger partial charge on any atom is 0.335 e. The zero-order valence-corrected chi connectivity index (χ0v) is 15.7. The Morgan fingerprint density at radius 1 is 1.17 bits per heavy atom. The van der Waals surface area contributed by atoms with Crippen molar-refractivity contribution in [2.24, 2.45) is 0 Å². The van der Waals surface area contributed by atoms with Gasteiger partial charge in [-0.3, -0.25) is 4.79 Å². The number of hydrogen-bond donors (Lipinski definition) is 1. The highest BCUT2D eigenvalue weighted by atomic mass is 16.5. The molecule has 0 aromatic heterocycles. The Bertz CT molecular complexity index is 954. The first-order chi connectivity index (χ1) is 14.1. The molecule has 3 rings (SSSR count). The summed E-state index contributed by atoms with van der Waals surface area (Å²) in [6, 6.07) is 15.5. The van der Waals surface area contributed by atoms with Crippen molar-refractivity contribution in [3.63, 3.8) is 0 Å². The molecule has 0 saturated carbocycles. The van der Waals surface area contributed by atoms with E-state index in [-0.39, 0.29) is 23.7 Å². The third-order valence-electron chi connectivity index (χ3n) is 4.42. The fraction of sp³-hybridized carbons (Fsp3) is 0.227. The SMILES string of the molecule is N#CC(=Cc1ccc(OCc2cccc(C(=O)O)c2)cc1)C(=O)N1CCOCC1. The predicted octanol–water partition coefficient (Wildman–Crippen LogP) is 2.73. The van der Waals surface area contributed by atoms with Crippen molar-refractivity contribution >= 4 is 18.0 Å². The molecule has 1 aliphatic heterocycles. The van der Waals surface area contributed by atoms with Gasteiger partial charge in [0.15, 0.2) is 0 Å². The van der Waals surface area contributed by atoms with Crippen molar-refractivity contribution in [3.8, 4) is 11.8 Å². The van der Waals surface area contributed by atoms with Crippen LogP contribution in [0.2, 0.25) is 0 Å². The highest BCUT2D eigenvalue weighted by Crippen LogP contribution is 2.17. The molecule has 0 spiro atoms. The number of carboxylic acids is 1. The van der Waals surface area contributed by atoms with Crippen LogP contribution in [0, 0.1) is 11.3 Å². The molecule has 1 N–H and O–H groups in total. The quantitative estimate of drug-likeness (QED) is 0.599. The molecule has 1 heterocycles. The minimum absolute atomic E-state index is 0.0750. The van der Waals surface area contributed by atoms with Crippen LogP contribution >= 0.6 is 0 Å². The predicted molar refractivity (Wildman–Crippen MR) is 105 cm³/mol. The number of morpholine rings is 1. The Morgan fingerprint density at radius 2 is 1.90 bits per heavy atom. The van der Waals surface area contributed by atoms with Crippen LogP contribution in [0.25, 0.3) is 6.08 Å². The Labute approximate surface area is 168 Å². The molecule has 0 aliphatic carbocycles. The molecule has 0 bridgehead atoms. The van der Waals surface area contributed by atoms with E-state index in [1.165, 1.54) is 6.07 Å². The number of nitrogens with zero attached hydrogens (tertiary/aromatic N) is 2. The van der Waals surface area contributed by atoms with Crippen molar-refractivity contribution in [2.45, 2.75) is 6.61 Å². The molecule has 29 heavy (non-hydrogen) atoms. The van der Waals surface area contributed by atoms with Crippen LogP contribution in [-0.4, -0.2) is 48.2 Å². The maximum absolute atomic E-state index is 12.4. The van der Waals surface area contributed by atoms with Crippen molar-refractivity contribution in [1.82, 2.24) is 4.90 Å². The minimum atomic E-state index is -0.983. The number of amides is 1. The van der Waals surface area contributed by atoms with Gasteiger partial charge < -0.3 is 19.5 Å². The van der Waals surface area contributed by atoms with Gasteiger partial charge in [-0.25, -0.2) is 4.79 Å². The van der Waals surface area contributed by atoms with E-state index in [0.717, 1.165) is 5.56 Å². The summed E-state index contributed by atoms with van der Waals surface area (Å²) in [5.74, 6) is -0.682. The lowest BCUT2D eigenvalue weighted by Gasteiger charge is -2.26. The number of rotatable bonds is 6. The second-order valence-electron chi connectivity index (χ2n) is 6.44. The molecule has 1 aliphatic rings. The zero-order valence-electron chi connectivity index (χ0n) is 15.7. The second-order valence-corrected chi connectivity index (χ2v) is 6.44. The van der Waals surface area contributed by atoms with Crippen LogP contribution in [0.1, 0.15) is 21.5 Å². The molecule has 1 fully saturated rings. The van der Waals surface area contributed by atoms with Crippen LogP contribution in [0.5, 0.6) is 5.75 Å². The van der Waals surface area contributed by atoms with Gasteiger partial charge in [-0.2, -0.15) is 5.26 Å². The molecule has 0 atom stereocenters. The summed E-state index contributed by atoms with van der Waals surface area (Å²) in [4.78, 5) is 25.1. The molecule has 1 amide bonds. The van der Waals surface area contributed by atoms with Gasteiger partial charge in [-0.15, -0.1) is 0 Å². The van der Waals surface area contributed by atoms with E-state index in [9.17, 15) is 14.9 Å². The van der Waals surface area contributed by atoms with Gasteiger partial charge in [0.1, 0.15) is 24.0 Å². The number of carboxylic acid groups (broad SMARTS) is 1. The van der Waals surface area contributed by atoms with Crippen molar-refractivity contribution < 1.29 is 24.2 Å². The van der Waals surface area contributed by atoms with E-state index in [1.807, 2.05) is 6.07 Å². The van der Waals surface area contributed by atoms with Crippen molar-refractivity contribution in [2.75, 3.05) is 26.3 Å². The monoisotopic (exact) mass is 392 g/mol. The summed E-state index contributed by atoms with van der Waals surface area (Å²) >= 11 is 0. The third-order valence-corrected chi connectivity index (χ3v) is 4.42. The Balaban J connectivity index is 1.64. The van der Waals surface area contributed by atoms with Gasteiger partial charge in [0.05, 0.1) is 18.8 Å². The molecule has 0 radical (unpaired) electrons. The van der Waals surface area contributed by atoms with Crippen LogP contribution in [0.3, 0.4) is 0 Å². The first kappa shape index (κ1) is 20.1. The summed E-state index contributed by atoms with van der Waals surface area (Å²) in [6.07, 6.45) is 1.55. The molecule has 2 aromatic rings. The summed E-state index contributed by atoms with van der Waals surface area (Å²) in [5, 5.41) is 18.4. The fourth-order valence-corrected chi connectivity index (χ4v) is 2.87. The largest absolute Gasteiger partial charge is 0.489 e. The van der Waals surface area contributed by atoms with E-state index in [4.69, 9.17) is 14.6 Å². The van der Waals surface area contributed by atoms with Gasteiger partial charge in [-0.05, 0) is 41.5 Å². The molecule has 7 heteroatoms. The number of hydrogen-bond acceptors (Lipinski definition) is 5. The van der Waals surface area contributed by atoms with E-state index in [0.29, 0.717) is 37.6 Å². The van der Waals surface area contributed by atoms with Gasteiger partial charge in [0, 0.05) is 13.1 Å². The van der Waals surface area contributed by atoms with E-state index < -0.39 is 5.97 Å². The number of carbonyl (C=O) groups is 2. The lowest BCUT2D eigenvalue weighted by Crippen LogP contribution is -2.41. The lowest BCUT2D eigenvalue weighted by molar-refractivity contribution is -0.130. The van der Waals surface area contributed by atoms with Gasteiger partial charge in [0.2, 0.25) is 0 Å².